The number of amides is 1. The predicted molar refractivity (Wildman–Crippen MR) is 79.5 cm³/mol. The summed E-state index contributed by atoms with van der Waals surface area (Å²) in [7, 11) is 0. The molecule has 3 nitrogen and oxygen atoms in total. The number of carbonyl (C=O) groups excluding carboxylic acids is 1. The van der Waals surface area contributed by atoms with Crippen LogP contribution in [0.2, 0.25) is 0 Å². The number of hydrogen-bond donors (Lipinski definition) is 2. The van der Waals surface area contributed by atoms with Gasteiger partial charge in [0.15, 0.2) is 0 Å². The highest BCUT2D eigenvalue weighted by Gasteiger charge is 2.13. The molecule has 0 fully saturated rings. The maximum absolute atomic E-state index is 13.6. The predicted octanol–water partition coefficient (Wildman–Crippen LogP) is 4.04. The molecule has 0 aliphatic rings. The van der Waals surface area contributed by atoms with Crippen molar-refractivity contribution < 1.29 is 13.6 Å². The first kappa shape index (κ1) is 15.0. The summed E-state index contributed by atoms with van der Waals surface area (Å²) in [5, 5.41) is 5.52. The molecule has 0 bridgehead atoms. The Morgan fingerprint density at radius 2 is 1.86 bits per heavy atom. The lowest BCUT2D eigenvalue weighted by Gasteiger charge is -2.12. The first-order valence-electron chi connectivity index (χ1n) is 6.71. The smallest absolute Gasteiger partial charge is 0.257 e. The lowest BCUT2D eigenvalue weighted by molar-refractivity contribution is 0.102. The van der Waals surface area contributed by atoms with Crippen LogP contribution in [0.15, 0.2) is 42.5 Å². The van der Waals surface area contributed by atoms with Crippen LogP contribution in [0.3, 0.4) is 0 Å². The number of carbonyl (C=O) groups is 1. The highest BCUT2D eigenvalue weighted by atomic mass is 19.1. The van der Waals surface area contributed by atoms with Crippen molar-refractivity contribution in [1.29, 1.82) is 0 Å². The molecule has 2 aromatic carbocycles. The van der Waals surface area contributed by atoms with Crippen LogP contribution in [0.25, 0.3) is 0 Å². The second-order valence-electron chi connectivity index (χ2n) is 4.55. The van der Waals surface area contributed by atoms with E-state index < -0.39 is 17.5 Å². The van der Waals surface area contributed by atoms with Crippen molar-refractivity contribution >= 4 is 17.3 Å². The molecule has 0 heterocycles. The fraction of sp³-hybridized carbons (Fsp3) is 0.188. The zero-order valence-electron chi connectivity index (χ0n) is 11.6. The zero-order chi connectivity index (χ0) is 15.2. The number of rotatable bonds is 5. The lowest BCUT2D eigenvalue weighted by Crippen LogP contribution is -2.16. The molecule has 0 saturated heterocycles. The Morgan fingerprint density at radius 3 is 2.62 bits per heavy atom. The van der Waals surface area contributed by atoms with Crippen molar-refractivity contribution in [3.8, 4) is 0 Å². The minimum absolute atomic E-state index is 0.176. The van der Waals surface area contributed by atoms with E-state index in [1.165, 1.54) is 0 Å². The van der Waals surface area contributed by atoms with Crippen LogP contribution in [0.1, 0.15) is 23.7 Å². The van der Waals surface area contributed by atoms with Crippen LogP contribution in [0.5, 0.6) is 0 Å². The van der Waals surface area contributed by atoms with E-state index in [-0.39, 0.29) is 5.69 Å². The van der Waals surface area contributed by atoms with Gasteiger partial charge in [-0.05, 0) is 30.7 Å². The van der Waals surface area contributed by atoms with Crippen LogP contribution in [0, 0.1) is 11.6 Å². The van der Waals surface area contributed by atoms with Crippen LogP contribution in [-0.4, -0.2) is 12.5 Å². The van der Waals surface area contributed by atoms with Gasteiger partial charge in [-0.15, -0.1) is 0 Å². The first-order chi connectivity index (χ1) is 10.1. The number of para-hydroxylation sites is 1. The van der Waals surface area contributed by atoms with Crippen molar-refractivity contribution in [2.75, 3.05) is 17.2 Å². The molecule has 0 aliphatic heterocycles. The van der Waals surface area contributed by atoms with E-state index in [0.717, 1.165) is 31.2 Å². The van der Waals surface area contributed by atoms with Crippen LogP contribution < -0.4 is 10.6 Å². The van der Waals surface area contributed by atoms with Crippen molar-refractivity contribution in [1.82, 2.24) is 0 Å². The van der Waals surface area contributed by atoms with Crippen molar-refractivity contribution in [3.63, 3.8) is 0 Å². The summed E-state index contributed by atoms with van der Waals surface area (Å²) in [6.07, 6.45) is 0.911. The molecule has 0 unspecified atom stereocenters. The normalized spacial score (nSPS) is 10.2. The van der Waals surface area contributed by atoms with E-state index in [1.807, 2.05) is 6.92 Å². The van der Waals surface area contributed by atoms with Gasteiger partial charge in [0, 0.05) is 18.3 Å². The Labute approximate surface area is 122 Å². The van der Waals surface area contributed by atoms with Crippen LogP contribution >= 0.6 is 0 Å². The maximum atomic E-state index is 13.6. The number of anilines is 2. The van der Waals surface area contributed by atoms with Gasteiger partial charge >= 0.3 is 0 Å². The molecular formula is C16H16F2N2O. The Balaban J connectivity index is 2.22. The lowest BCUT2D eigenvalue weighted by atomic mass is 10.1. The Kier molecular flexibility index (Phi) is 4.87. The minimum Gasteiger partial charge on any atom is -0.384 e. The topological polar surface area (TPSA) is 41.1 Å². The SMILES string of the molecule is CCCNc1ccccc1C(=O)Nc1cc(F)ccc1F. The molecule has 21 heavy (non-hydrogen) atoms. The van der Waals surface area contributed by atoms with Gasteiger partial charge in [0.1, 0.15) is 11.6 Å². The summed E-state index contributed by atoms with van der Waals surface area (Å²) in [4.78, 5) is 12.2. The summed E-state index contributed by atoms with van der Waals surface area (Å²) in [5.41, 5.74) is 0.869. The molecule has 5 heteroatoms. The van der Waals surface area contributed by atoms with Crippen LogP contribution in [-0.2, 0) is 0 Å². The minimum atomic E-state index is -0.677. The van der Waals surface area contributed by atoms with E-state index in [9.17, 15) is 13.6 Å². The van der Waals surface area contributed by atoms with Gasteiger partial charge in [-0.2, -0.15) is 0 Å². The summed E-state index contributed by atoms with van der Waals surface area (Å²) in [6.45, 7) is 2.73. The van der Waals surface area contributed by atoms with Gasteiger partial charge in [0.2, 0.25) is 0 Å². The number of hydrogen-bond acceptors (Lipinski definition) is 2. The average Bonchev–Trinajstić information content (AvgIpc) is 2.49. The molecule has 1 amide bonds. The third-order valence-electron chi connectivity index (χ3n) is 2.91. The summed E-state index contributed by atoms with van der Waals surface area (Å²) in [5.74, 6) is -1.77. The summed E-state index contributed by atoms with van der Waals surface area (Å²) in [6, 6.07) is 9.85. The molecule has 2 rings (SSSR count). The monoisotopic (exact) mass is 290 g/mol. The number of halogens is 2. The number of benzene rings is 2. The maximum Gasteiger partial charge on any atom is 0.257 e. The highest BCUT2D eigenvalue weighted by molar-refractivity contribution is 6.08. The molecule has 2 N–H and O–H groups in total. The Morgan fingerprint density at radius 1 is 1.10 bits per heavy atom. The molecule has 2 aromatic rings. The quantitative estimate of drug-likeness (QED) is 0.872. The second kappa shape index (κ2) is 6.83. The molecule has 0 radical (unpaired) electrons. The second-order valence-corrected chi connectivity index (χ2v) is 4.55. The zero-order valence-corrected chi connectivity index (χ0v) is 11.6. The van der Waals surface area contributed by atoms with Gasteiger partial charge in [0.05, 0.1) is 11.3 Å². The van der Waals surface area contributed by atoms with Gasteiger partial charge in [-0.1, -0.05) is 19.1 Å². The fourth-order valence-corrected chi connectivity index (χ4v) is 1.88. The van der Waals surface area contributed by atoms with E-state index >= 15 is 0 Å². The van der Waals surface area contributed by atoms with E-state index in [2.05, 4.69) is 10.6 Å². The van der Waals surface area contributed by atoms with Crippen molar-refractivity contribution in [2.45, 2.75) is 13.3 Å². The van der Waals surface area contributed by atoms with Crippen LogP contribution in [0.4, 0.5) is 20.2 Å². The first-order valence-corrected chi connectivity index (χ1v) is 6.71. The third kappa shape index (κ3) is 3.78. The summed E-state index contributed by atoms with van der Waals surface area (Å²) < 4.78 is 26.7. The molecule has 0 aromatic heterocycles. The number of nitrogens with one attached hydrogen (secondary N) is 2. The van der Waals surface area contributed by atoms with E-state index in [4.69, 9.17) is 0 Å². The van der Waals surface area contributed by atoms with Gasteiger partial charge in [0.25, 0.3) is 5.91 Å². The fourth-order valence-electron chi connectivity index (χ4n) is 1.88. The molecule has 0 aliphatic carbocycles. The Bertz CT molecular complexity index is 644. The Hall–Kier alpha value is -2.43. The third-order valence-corrected chi connectivity index (χ3v) is 2.91. The summed E-state index contributed by atoms with van der Waals surface area (Å²) >= 11 is 0. The standard InChI is InChI=1S/C16H16F2N2O/c1-2-9-19-14-6-4-3-5-12(14)16(21)20-15-10-11(17)7-8-13(15)18/h3-8,10,19H,2,9H2,1H3,(H,20,21). The molecule has 0 atom stereocenters. The molecule has 0 spiro atoms. The van der Waals surface area contributed by atoms with Gasteiger partial charge in [-0.3, -0.25) is 4.79 Å². The van der Waals surface area contributed by atoms with E-state index in [1.54, 1.807) is 24.3 Å². The molecule has 0 saturated carbocycles. The largest absolute Gasteiger partial charge is 0.384 e. The molecular weight excluding hydrogens is 274 g/mol. The van der Waals surface area contributed by atoms with E-state index in [0.29, 0.717) is 11.3 Å². The van der Waals surface area contributed by atoms with Crippen molar-refractivity contribution in [3.05, 3.63) is 59.7 Å². The van der Waals surface area contributed by atoms with Crippen molar-refractivity contribution in [2.24, 2.45) is 0 Å². The van der Waals surface area contributed by atoms with Gasteiger partial charge < -0.3 is 10.6 Å². The van der Waals surface area contributed by atoms with Gasteiger partial charge in [-0.25, -0.2) is 8.78 Å². The molecule has 110 valence electrons. The highest BCUT2D eigenvalue weighted by Crippen LogP contribution is 2.20. The average molecular weight is 290 g/mol.